The number of carbonyl (C=O) groups excluding carboxylic acids is 1. The number of amides is 1. The molecular formula is C18H17ClN4OS. The zero-order valence-corrected chi connectivity index (χ0v) is 15.0. The van der Waals surface area contributed by atoms with Gasteiger partial charge in [-0.15, -0.1) is 11.8 Å². The summed E-state index contributed by atoms with van der Waals surface area (Å²) in [5.41, 5.74) is 0.898. The van der Waals surface area contributed by atoms with Crippen LogP contribution in [0.4, 0.5) is 0 Å². The Labute approximate surface area is 155 Å². The molecule has 3 aromatic rings. The normalized spacial score (nSPS) is 10.6. The molecule has 25 heavy (non-hydrogen) atoms. The van der Waals surface area contributed by atoms with Crippen molar-refractivity contribution in [2.75, 3.05) is 12.3 Å². The van der Waals surface area contributed by atoms with Crippen molar-refractivity contribution in [1.82, 2.24) is 20.5 Å². The number of rotatable bonds is 7. The van der Waals surface area contributed by atoms with Crippen molar-refractivity contribution < 1.29 is 4.79 Å². The van der Waals surface area contributed by atoms with Crippen molar-refractivity contribution in [2.24, 2.45) is 0 Å². The summed E-state index contributed by atoms with van der Waals surface area (Å²) >= 11 is 7.40. The Balaban J connectivity index is 1.43. The maximum atomic E-state index is 11.9. The van der Waals surface area contributed by atoms with E-state index in [-0.39, 0.29) is 5.91 Å². The maximum absolute atomic E-state index is 11.9. The molecule has 0 atom stereocenters. The fourth-order valence-electron chi connectivity index (χ4n) is 2.17. The number of hydrogen-bond acceptors (Lipinski definition) is 4. The number of benzene rings is 2. The first kappa shape index (κ1) is 17.5. The number of halogens is 1. The van der Waals surface area contributed by atoms with Crippen molar-refractivity contribution in [3.8, 4) is 11.4 Å². The van der Waals surface area contributed by atoms with E-state index in [4.69, 9.17) is 11.6 Å². The second-order valence-corrected chi connectivity index (χ2v) is 6.80. The number of aromatic nitrogens is 3. The monoisotopic (exact) mass is 372 g/mol. The third-order valence-electron chi connectivity index (χ3n) is 3.43. The maximum Gasteiger partial charge on any atom is 0.230 e. The molecule has 2 N–H and O–H groups in total. The van der Waals surface area contributed by atoms with Gasteiger partial charge < -0.3 is 5.32 Å². The molecule has 0 aliphatic heterocycles. The molecule has 0 aliphatic rings. The fraction of sp³-hybridized carbons (Fsp3) is 0.167. The van der Waals surface area contributed by atoms with E-state index in [1.54, 1.807) is 12.1 Å². The standard InChI is InChI=1S/C18H17ClN4OS/c19-14-8-6-13(7-9-14)18-21-16(22-23-18)10-11-20-17(24)12-25-15-4-2-1-3-5-15/h1-9H,10-12H2,(H,20,24)(H,21,22,23). The van der Waals surface area contributed by atoms with Crippen LogP contribution >= 0.6 is 23.4 Å². The molecule has 7 heteroatoms. The minimum atomic E-state index is 0.00583. The molecule has 1 heterocycles. The van der Waals surface area contributed by atoms with Gasteiger partial charge >= 0.3 is 0 Å². The van der Waals surface area contributed by atoms with Gasteiger partial charge in [0.15, 0.2) is 5.82 Å². The summed E-state index contributed by atoms with van der Waals surface area (Å²) in [4.78, 5) is 17.4. The summed E-state index contributed by atoms with van der Waals surface area (Å²) < 4.78 is 0. The second-order valence-electron chi connectivity index (χ2n) is 5.31. The van der Waals surface area contributed by atoms with Gasteiger partial charge in [-0.05, 0) is 36.4 Å². The number of H-pyrrole nitrogens is 1. The Morgan fingerprint density at radius 3 is 2.64 bits per heavy atom. The lowest BCUT2D eigenvalue weighted by atomic mass is 10.2. The van der Waals surface area contributed by atoms with Gasteiger partial charge in [-0.3, -0.25) is 9.89 Å². The lowest BCUT2D eigenvalue weighted by Gasteiger charge is -2.03. The first-order valence-electron chi connectivity index (χ1n) is 7.82. The highest BCUT2D eigenvalue weighted by Gasteiger charge is 2.07. The number of nitrogens with one attached hydrogen (secondary N) is 2. The van der Waals surface area contributed by atoms with Crippen LogP contribution in [0.3, 0.4) is 0 Å². The van der Waals surface area contributed by atoms with Crippen LogP contribution in [-0.4, -0.2) is 33.4 Å². The van der Waals surface area contributed by atoms with E-state index in [2.05, 4.69) is 20.5 Å². The van der Waals surface area contributed by atoms with Gasteiger partial charge in [0.2, 0.25) is 5.91 Å². The minimum absolute atomic E-state index is 0.00583. The summed E-state index contributed by atoms with van der Waals surface area (Å²) in [6.07, 6.45) is 0.600. The second kappa shape index (κ2) is 8.69. The van der Waals surface area contributed by atoms with Gasteiger partial charge in [0, 0.05) is 28.4 Å². The fourth-order valence-corrected chi connectivity index (χ4v) is 3.05. The Morgan fingerprint density at radius 1 is 1.12 bits per heavy atom. The molecule has 0 spiro atoms. The predicted molar refractivity (Wildman–Crippen MR) is 101 cm³/mol. The average molecular weight is 373 g/mol. The van der Waals surface area contributed by atoms with Gasteiger partial charge in [0.25, 0.3) is 0 Å². The van der Waals surface area contributed by atoms with Crippen molar-refractivity contribution in [3.05, 3.63) is 65.4 Å². The number of carbonyl (C=O) groups is 1. The van der Waals surface area contributed by atoms with Crippen LogP contribution < -0.4 is 5.32 Å². The molecular weight excluding hydrogens is 356 g/mol. The number of hydrogen-bond donors (Lipinski definition) is 2. The van der Waals surface area contributed by atoms with E-state index in [0.29, 0.717) is 29.6 Å². The van der Waals surface area contributed by atoms with E-state index in [1.165, 1.54) is 11.8 Å². The minimum Gasteiger partial charge on any atom is -0.355 e. The van der Waals surface area contributed by atoms with Gasteiger partial charge in [0.05, 0.1) is 5.75 Å². The zero-order chi connectivity index (χ0) is 17.5. The van der Waals surface area contributed by atoms with Crippen LogP contribution in [0, 0.1) is 0 Å². The van der Waals surface area contributed by atoms with Crippen molar-refractivity contribution in [2.45, 2.75) is 11.3 Å². The lowest BCUT2D eigenvalue weighted by molar-refractivity contribution is -0.118. The predicted octanol–water partition coefficient (Wildman–Crippen LogP) is 3.58. The van der Waals surface area contributed by atoms with Gasteiger partial charge in [0.1, 0.15) is 5.82 Å². The number of aromatic amines is 1. The van der Waals surface area contributed by atoms with Gasteiger partial charge in [-0.1, -0.05) is 29.8 Å². The molecule has 0 fully saturated rings. The van der Waals surface area contributed by atoms with E-state index in [9.17, 15) is 4.79 Å². The molecule has 0 aliphatic carbocycles. The van der Waals surface area contributed by atoms with Crippen LogP contribution in [0.5, 0.6) is 0 Å². The first-order chi connectivity index (χ1) is 12.2. The quantitative estimate of drug-likeness (QED) is 0.622. The van der Waals surface area contributed by atoms with Crippen molar-refractivity contribution >= 4 is 29.3 Å². The smallest absolute Gasteiger partial charge is 0.230 e. The lowest BCUT2D eigenvalue weighted by Crippen LogP contribution is -2.27. The SMILES string of the molecule is O=C(CSc1ccccc1)NCCc1nc(-c2ccc(Cl)cc2)n[nH]1. The van der Waals surface area contributed by atoms with Crippen LogP contribution in [0.25, 0.3) is 11.4 Å². The third kappa shape index (κ3) is 5.34. The molecule has 2 aromatic carbocycles. The summed E-state index contributed by atoms with van der Waals surface area (Å²) in [7, 11) is 0. The van der Waals surface area contributed by atoms with Crippen molar-refractivity contribution in [1.29, 1.82) is 0 Å². The molecule has 0 unspecified atom stereocenters. The van der Waals surface area contributed by atoms with Gasteiger partial charge in [-0.25, -0.2) is 4.98 Å². The molecule has 1 amide bonds. The van der Waals surface area contributed by atoms with Crippen molar-refractivity contribution in [3.63, 3.8) is 0 Å². The highest BCUT2D eigenvalue weighted by Crippen LogP contribution is 2.18. The molecule has 0 saturated heterocycles. The third-order valence-corrected chi connectivity index (χ3v) is 4.70. The van der Waals surface area contributed by atoms with E-state index in [0.717, 1.165) is 16.3 Å². The average Bonchev–Trinajstić information content (AvgIpc) is 3.10. The Hall–Kier alpha value is -2.31. The Kier molecular flexibility index (Phi) is 6.09. The highest BCUT2D eigenvalue weighted by molar-refractivity contribution is 8.00. The molecule has 128 valence electrons. The summed E-state index contributed by atoms with van der Waals surface area (Å²) in [5, 5.41) is 10.7. The molecule has 0 bridgehead atoms. The number of thioether (sulfide) groups is 1. The summed E-state index contributed by atoms with van der Waals surface area (Å²) in [6, 6.07) is 17.2. The Morgan fingerprint density at radius 2 is 1.88 bits per heavy atom. The van der Waals surface area contributed by atoms with Crippen LogP contribution in [-0.2, 0) is 11.2 Å². The highest BCUT2D eigenvalue weighted by atomic mass is 35.5. The first-order valence-corrected chi connectivity index (χ1v) is 9.19. The van der Waals surface area contributed by atoms with E-state index < -0.39 is 0 Å². The van der Waals surface area contributed by atoms with Crippen LogP contribution in [0.2, 0.25) is 5.02 Å². The Bertz CT molecular complexity index is 821. The van der Waals surface area contributed by atoms with Gasteiger partial charge in [-0.2, -0.15) is 5.10 Å². The molecule has 0 saturated carbocycles. The van der Waals surface area contributed by atoms with Crippen LogP contribution in [0.1, 0.15) is 5.82 Å². The topological polar surface area (TPSA) is 70.7 Å². The van der Waals surface area contributed by atoms with Crippen LogP contribution in [0.15, 0.2) is 59.5 Å². The van der Waals surface area contributed by atoms with E-state index >= 15 is 0 Å². The molecule has 1 aromatic heterocycles. The molecule has 3 rings (SSSR count). The zero-order valence-electron chi connectivity index (χ0n) is 13.4. The van der Waals surface area contributed by atoms with E-state index in [1.807, 2.05) is 42.5 Å². The summed E-state index contributed by atoms with van der Waals surface area (Å²) in [6.45, 7) is 0.517. The molecule has 5 nitrogen and oxygen atoms in total. The molecule has 0 radical (unpaired) electrons. The number of nitrogens with zero attached hydrogens (tertiary/aromatic N) is 2. The largest absolute Gasteiger partial charge is 0.355 e. The summed E-state index contributed by atoms with van der Waals surface area (Å²) in [5.74, 6) is 1.76.